The topological polar surface area (TPSA) is 139 Å². The third-order valence-electron chi connectivity index (χ3n) is 6.40. The highest BCUT2D eigenvalue weighted by atomic mass is 32.2. The number of nitro groups is 1. The molecule has 11 heteroatoms. The maximum atomic E-state index is 13.6. The van der Waals surface area contributed by atoms with Crippen LogP contribution in [0.2, 0.25) is 0 Å². The molecule has 0 aliphatic rings. The zero-order chi connectivity index (χ0) is 29.4. The lowest BCUT2D eigenvalue weighted by molar-refractivity contribution is -0.384. The Kier molecular flexibility index (Phi) is 10.4. The molecule has 0 saturated carbocycles. The van der Waals surface area contributed by atoms with E-state index in [1.54, 1.807) is 19.1 Å². The van der Waals surface area contributed by atoms with Crippen LogP contribution in [0, 0.1) is 23.0 Å². The van der Waals surface area contributed by atoms with E-state index < -0.39 is 33.0 Å². The van der Waals surface area contributed by atoms with Crippen molar-refractivity contribution in [3.8, 4) is 5.75 Å². The van der Waals surface area contributed by atoms with Crippen molar-refractivity contribution in [3.05, 3.63) is 99.6 Å². The summed E-state index contributed by atoms with van der Waals surface area (Å²) in [6.07, 6.45) is -1.04. The Labute approximate surface area is 234 Å². The van der Waals surface area contributed by atoms with E-state index in [1.165, 1.54) is 41.7 Å². The van der Waals surface area contributed by atoms with Gasteiger partial charge in [-0.3, -0.25) is 14.9 Å². The minimum atomic E-state index is -3.98. The average Bonchev–Trinajstić information content (AvgIpc) is 2.92. The summed E-state index contributed by atoms with van der Waals surface area (Å²) < 4.78 is 33.5. The number of hydrogen-bond donors (Lipinski definition) is 2. The maximum Gasteiger partial charge on any atom is 0.269 e. The van der Waals surface area contributed by atoms with E-state index in [0.29, 0.717) is 11.3 Å². The molecule has 0 aliphatic carbocycles. The monoisotopic (exact) mass is 569 g/mol. The summed E-state index contributed by atoms with van der Waals surface area (Å²) in [5.41, 5.74) is 1.33. The molecule has 0 aromatic heterocycles. The van der Waals surface area contributed by atoms with Crippen LogP contribution in [0.1, 0.15) is 35.3 Å². The summed E-state index contributed by atoms with van der Waals surface area (Å²) in [5, 5.41) is 25.3. The third kappa shape index (κ3) is 7.87. The van der Waals surface area contributed by atoms with Crippen LogP contribution < -0.4 is 10.1 Å². The normalized spacial score (nSPS) is 13.2. The third-order valence-corrected chi connectivity index (χ3v) is 8.25. The lowest BCUT2D eigenvalue weighted by Crippen LogP contribution is -2.51. The first-order valence-electron chi connectivity index (χ1n) is 12.8. The standard InChI is InChI=1S/C29H35N3O7S/c1-20(2)18-31(40(37,38)25-13-11-24(39-4)12-14-25)19-28(33)27(17-22-8-6-5-7-9-22)30-29(34)26-15-10-23(32(35)36)16-21(26)3/h5-16,20,27-28,33H,17-19H2,1-4H3,(H,30,34)/t27-,28?/m0/s1. The van der Waals surface area contributed by atoms with Crippen molar-refractivity contribution in [2.45, 2.75) is 44.2 Å². The molecule has 0 bridgehead atoms. The number of rotatable bonds is 13. The Morgan fingerprint density at radius 1 is 1.05 bits per heavy atom. The van der Waals surface area contributed by atoms with Gasteiger partial charge in [0.1, 0.15) is 5.75 Å². The van der Waals surface area contributed by atoms with Crippen LogP contribution in [0.3, 0.4) is 0 Å². The van der Waals surface area contributed by atoms with Crippen molar-refractivity contribution in [3.63, 3.8) is 0 Å². The van der Waals surface area contributed by atoms with Gasteiger partial charge in [0.25, 0.3) is 11.6 Å². The second-order valence-corrected chi connectivity index (χ2v) is 11.9. The van der Waals surface area contributed by atoms with E-state index in [-0.39, 0.29) is 41.6 Å². The summed E-state index contributed by atoms with van der Waals surface area (Å²) in [4.78, 5) is 23.9. The fourth-order valence-corrected chi connectivity index (χ4v) is 5.95. The summed E-state index contributed by atoms with van der Waals surface area (Å²) >= 11 is 0. The minimum Gasteiger partial charge on any atom is -0.497 e. The molecule has 3 aromatic rings. The van der Waals surface area contributed by atoms with Gasteiger partial charge in [-0.25, -0.2) is 8.42 Å². The molecule has 10 nitrogen and oxygen atoms in total. The average molecular weight is 570 g/mol. The van der Waals surface area contributed by atoms with E-state index in [0.717, 1.165) is 5.56 Å². The van der Waals surface area contributed by atoms with E-state index in [1.807, 2.05) is 44.2 Å². The smallest absolute Gasteiger partial charge is 0.269 e. The van der Waals surface area contributed by atoms with Crippen molar-refractivity contribution in [1.82, 2.24) is 9.62 Å². The molecule has 0 aliphatic heterocycles. The molecule has 1 unspecified atom stereocenters. The number of methoxy groups -OCH3 is 1. The predicted octanol–water partition coefficient (Wildman–Crippen LogP) is 3.96. The molecule has 2 atom stereocenters. The second-order valence-electron chi connectivity index (χ2n) is 9.98. The summed E-state index contributed by atoms with van der Waals surface area (Å²) in [5.74, 6) is -0.0486. The van der Waals surface area contributed by atoms with Gasteiger partial charge in [-0.1, -0.05) is 44.2 Å². The van der Waals surface area contributed by atoms with Crippen molar-refractivity contribution >= 4 is 21.6 Å². The highest BCUT2D eigenvalue weighted by Crippen LogP contribution is 2.22. The van der Waals surface area contributed by atoms with Crippen molar-refractivity contribution in [2.24, 2.45) is 5.92 Å². The van der Waals surface area contributed by atoms with Gasteiger partial charge < -0.3 is 15.2 Å². The first-order valence-corrected chi connectivity index (χ1v) is 14.3. The SMILES string of the molecule is COc1ccc(S(=O)(=O)N(CC(C)C)CC(O)[C@H](Cc2ccccc2)NC(=O)c2ccc([N+](=O)[O-])cc2C)cc1. The lowest BCUT2D eigenvalue weighted by Gasteiger charge is -2.31. The van der Waals surface area contributed by atoms with Crippen LogP contribution >= 0.6 is 0 Å². The fraction of sp³-hybridized carbons (Fsp3) is 0.345. The zero-order valence-electron chi connectivity index (χ0n) is 23.0. The number of aliphatic hydroxyl groups is 1. The number of nitrogens with one attached hydrogen (secondary N) is 1. The largest absolute Gasteiger partial charge is 0.497 e. The number of hydrogen-bond acceptors (Lipinski definition) is 7. The Balaban J connectivity index is 1.91. The second kappa shape index (κ2) is 13.5. The van der Waals surface area contributed by atoms with Gasteiger partial charge in [-0.05, 0) is 60.7 Å². The first kappa shape index (κ1) is 30.7. The molecule has 0 spiro atoms. The van der Waals surface area contributed by atoms with Gasteiger partial charge in [0, 0.05) is 30.8 Å². The van der Waals surface area contributed by atoms with E-state index in [2.05, 4.69) is 5.32 Å². The van der Waals surface area contributed by atoms with Gasteiger partial charge in [0.05, 0.1) is 29.1 Å². The molecule has 0 radical (unpaired) electrons. The number of aryl methyl sites for hydroxylation is 1. The van der Waals surface area contributed by atoms with Crippen molar-refractivity contribution in [2.75, 3.05) is 20.2 Å². The van der Waals surface area contributed by atoms with Gasteiger partial charge in [-0.15, -0.1) is 0 Å². The number of carbonyl (C=O) groups excluding carboxylic acids is 1. The number of carbonyl (C=O) groups is 1. The molecule has 2 N–H and O–H groups in total. The van der Waals surface area contributed by atoms with Crippen LogP contribution in [-0.4, -0.2) is 61.0 Å². The highest BCUT2D eigenvalue weighted by Gasteiger charge is 2.31. The van der Waals surface area contributed by atoms with Crippen molar-refractivity contribution < 1.29 is 28.0 Å². The van der Waals surface area contributed by atoms with E-state index in [9.17, 15) is 28.4 Å². The number of nitro benzene ring substituents is 1. The Morgan fingerprint density at radius 2 is 1.70 bits per heavy atom. The molecule has 0 fully saturated rings. The van der Waals surface area contributed by atoms with Crippen LogP contribution in [0.25, 0.3) is 0 Å². The summed E-state index contributed by atoms with van der Waals surface area (Å²) in [7, 11) is -2.49. The molecule has 3 rings (SSSR count). The van der Waals surface area contributed by atoms with Crippen LogP contribution in [0.15, 0.2) is 77.7 Å². The van der Waals surface area contributed by atoms with Crippen LogP contribution in [-0.2, 0) is 16.4 Å². The molecular formula is C29H35N3O7S. The Morgan fingerprint density at radius 3 is 2.25 bits per heavy atom. The predicted molar refractivity (Wildman–Crippen MR) is 152 cm³/mol. The number of non-ortho nitro benzene ring substituents is 1. The molecule has 1 amide bonds. The number of sulfonamides is 1. The molecule has 214 valence electrons. The van der Waals surface area contributed by atoms with Gasteiger partial charge in [0.2, 0.25) is 10.0 Å². The highest BCUT2D eigenvalue weighted by molar-refractivity contribution is 7.89. The lowest BCUT2D eigenvalue weighted by atomic mass is 9.99. The number of nitrogens with zero attached hydrogens (tertiary/aromatic N) is 2. The Hall–Kier alpha value is -3.80. The number of benzene rings is 3. The zero-order valence-corrected chi connectivity index (χ0v) is 23.8. The number of amides is 1. The maximum absolute atomic E-state index is 13.6. The van der Waals surface area contributed by atoms with Gasteiger partial charge >= 0.3 is 0 Å². The molecule has 40 heavy (non-hydrogen) atoms. The summed E-state index contributed by atoms with van der Waals surface area (Å²) in [6, 6.07) is 18.3. The van der Waals surface area contributed by atoms with E-state index >= 15 is 0 Å². The van der Waals surface area contributed by atoms with Crippen LogP contribution in [0.5, 0.6) is 5.75 Å². The number of aliphatic hydroxyl groups excluding tert-OH is 1. The molecule has 0 heterocycles. The fourth-order valence-electron chi connectivity index (χ4n) is 4.32. The quantitative estimate of drug-likeness (QED) is 0.235. The van der Waals surface area contributed by atoms with Gasteiger partial charge in [0.15, 0.2) is 0 Å². The van der Waals surface area contributed by atoms with Crippen molar-refractivity contribution in [1.29, 1.82) is 0 Å². The van der Waals surface area contributed by atoms with Crippen LogP contribution in [0.4, 0.5) is 5.69 Å². The van der Waals surface area contributed by atoms with E-state index in [4.69, 9.17) is 4.74 Å². The summed E-state index contributed by atoms with van der Waals surface area (Å²) in [6.45, 7) is 5.24. The first-order chi connectivity index (χ1) is 18.9. The van der Waals surface area contributed by atoms with Gasteiger partial charge in [-0.2, -0.15) is 4.31 Å². The molecule has 0 saturated heterocycles. The minimum absolute atomic E-state index is 0.0369. The molecular weight excluding hydrogens is 534 g/mol. The molecule has 3 aromatic carbocycles. The number of ether oxygens (including phenoxy) is 1. The Bertz CT molecular complexity index is 1410.